The number of aromatic nitrogens is 4. The first kappa shape index (κ1) is 16.1. The number of amides is 1. The fourth-order valence-electron chi connectivity index (χ4n) is 2.88. The van der Waals surface area contributed by atoms with Crippen LogP contribution in [0, 0.1) is 0 Å². The maximum Gasteiger partial charge on any atom is 0.224 e. The SMILES string of the molecule is CC(C)c1csc([C@H]2CCCN(C(=O)CCn3ccnn3)C2)n1. The molecular weight excluding hydrogens is 310 g/mol. The lowest BCUT2D eigenvalue weighted by atomic mass is 9.98. The number of likely N-dealkylation sites (tertiary alicyclic amines) is 1. The van der Waals surface area contributed by atoms with Crippen molar-refractivity contribution in [3.05, 3.63) is 28.5 Å². The molecule has 1 saturated heterocycles. The molecule has 23 heavy (non-hydrogen) atoms. The van der Waals surface area contributed by atoms with Crippen LogP contribution in [0.5, 0.6) is 0 Å². The van der Waals surface area contributed by atoms with Crippen molar-refractivity contribution in [1.82, 2.24) is 24.9 Å². The largest absolute Gasteiger partial charge is 0.342 e. The average molecular weight is 333 g/mol. The summed E-state index contributed by atoms with van der Waals surface area (Å²) in [5.41, 5.74) is 1.17. The molecule has 2 aromatic heterocycles. The second kappa shape index (κ2) is 7.21. The Morgan fingerprint density at radius 1 is 1.48 bits per heavy atom. The minimum Gasteiger partial charge on any atom is -0.342 e. The molecule has 1 aliphatic heterocycles. The summed E-state index contributed by atoms with van der Waals surface area (Å²) in [6, 6.07) is 0. The van der Waals surface area contributed by atoms with E-state index in [-0.39, 0.29) is 5.91 Å². The topological polar surface area (TPSA) is 63.9 Å². The van der Waals surface area contributed by atoms with Gasteiger partial charge in [-0.15, -0.1) is 16.4 Å². The monoisotopic (exact) mass is 333 g/mol. The molecule has 0 spiro atoms. The highest BCUT2D eigenvalue weighted by molar-refractivity contribution is 7.09. The molecule has 0 N–H and O–H groups in total. The molecule has 2 aromatic rings. The predicted molar refractivity (Wildman–Crippen MR) is 89.4 cm³/mol. The van der Waals surface area contributed by atoms with Crippen LogP contribution in [0.25, 0.3) is 0 Å². The Kier molecular flexibility index (Phi) is 5.05. The van der Waals surface area contributed by atoms with Crippen LogP contribution in [0.15, 0.2) is 17.8 Å². The van der Waals surface area contributed by atoms with Gasteiger partial charge in [0.1, 0.15) is 0 Å². The lowest BCUT2D eigenvalue weighted by Crippen LogP contribution is -2.39. The number of carbonyl (C=O) groups is 1. The first-order valence-electron chi connectivity index (χ1n) is 8.20. The van der Waals surface area contributed by atoms with E-state index in [9.17, 15) is 4.79 Å². The van der Waals surface area contributed by atoms with E-state index in [4.69, 9.17) is 4.98 Å². The number of hydrogen-bond acceptors (Lipinski definition) is 5. The van der Waals surface area contributed by atoms with Crippen LogP contribution in [0.2, 0.25) is 0 Å². The Morgan fingerprint density at radius 2 is 2.35 bits per heavy atom. The number of piperidine rings is 1. The number of hydrogen-bond donors (Lipinski definition) is 0. The highest BCUT2D eigenvalue weighted by atomic mass is 32.1. The van der Waals surface area contributed by atoms with Gasteiger partial charge in [0.2, 0.25) is 5.91 Å². The average Bonchev–Trinajstić information content (AvgIpc) is 3.24. The number of thiazole rings is 1. The van der Waals surface area contributed by atoms with E-state index < -0.39 is 0 Å². The van der Waals surface area contributed by atoms with Gasteiger partial charge in [0.25, 0.3) is 0 Å². The lowest BCUT2D eigenvalue weighted by Gasteiger charge is -2.32. The summed E-state index contributed by atoms with van der Waals surface area (Å²) in [4.78, 5) is 19.2. The third-order valence-corrected chi connectivity index (χ3v) is 5.31. The molecule has 1 atom stereocenters. The van der Waals surface area contributed by atoms with Crippen molar-refractivity contribution in [3.63, 3.8) is 0 Å². The van der Waals surface area contributed by atoms with E-state index in [1.54, 1.807) is 28.4 Å². The molecule has 1 aliphatic rings. The summed E-state index contributed by atoms with van der Waals surface area (Å²) in [6.07, 6.45) is 6.07. The van der Waals surface area contributed by atoms with Gasteiger partial charge in [-0.1, -0.05) is 19.1 Å². The molecule has 1 amide bonds. The van der Waals surface area contributed by atoms with Gasteiger partial charge in [0.15, 0.2) is 0 Å². The van der Waals surface area contributed by atoms with Gasteiger partial charge >= 0.3 is 0 Å². The van der Waals surface area contributed by atoms with Crippen molar-refractivity contribution in [2.24, 2.45) is 0 Å². The number of nitrogens with zero attached hydrogens (tertiary/aromatic N) is 5. The molecule has 0 aromatic carbocycles. The van der Waals surface area contributed by atoms with Gasteiger partial charge in [-0.2, -0.15) is 0 Å². The zero-order chi connectivity index (χ0) is 16.2. The maximum atomic E-state index is 12.4. The van der Waals surface area contributed by atoms with Crippen LogP contribution in [-0.2, 0) is 11.3 Å². The summed E-state index contributed by atoms with van der Waals surface area (Å²) in [5.74, 6) is 1.05. The van der Waals surface area contributed by atoms with Crippen LogP contribution in [0.3, 0.4) is 0 Å². The van der Waals surface area contributed by atoms with Crippen molar-refractivity contribution in [2.45, 2.75) is 51.5 Å². The summed E-state index contributed by atoms with van der Waals surface area (Å²) in [5, 5.41) is 11.0. The molecule has 0 radical (unpaired) electrons. The summed E-state index contributed by atoms with van der Waals surface area (Å²) < 4.78 is 1.70. The predicted octanol–water partition coefficient (Wildman–Crippen LogP) is 2.65. The highest BCUT2D eigenvalue weighted by Gasteiger charge is 2.26. The van der Waals surface area contributed by atoms with Crippen molar-refractivity contribution < 1.29 is 4.79 Å². The number of rotatable bonds is 5. The third kappa shape index (κ3) is 3.96. The second-order valence-corrected chi connectivity index (χ2v) is 7.25. The minimum atomic E-state index is 0.200. The summed E-state index contributed by atoms with van der Waals surface area (Å²) in [6.45, 7) is 6.57. The van der Waals surface area contributed by atoms with Crippen LogP contribution >= 0.6 is 11.3 Å². The zero-order valence-electron chi connectivity index (χ0n) is 13.7. The number of carbonyl (C=O) groups excluding carboxylic acids is 1. The maximum absolute atomic E-state index is 12.4. The molecule has 7 heteroatoms. The molecule has 6 nitrogen and oxygen atoms in total. The molecule has 0 aliphatic carbocycles. The van der Waals surface area contributed by atoms with Crippen LogP contribution < -0.4 is 0 Å². The van der Waals surface area contributed by atoms with E-state index in [1.807, 2.05) is 4.90 Å². The smallest absolute Gasteiger partial charge is 0.224 e. The van der Waals surface area contributed by atoms with Gasteiger partial charge < -0.3 is 4.90 Å². The molecule has 0 bridgehead atoms. The molecule has 3 heterocycles. The van der Waals surface area contributed by atoms with Gasteiger partial charge in [-0.25, -0.2) is 4.98 Å². The van der Waals surface area contributed by atoms with Crippen LogP contribution in [-0.4, -0.2) is 43.9 Å². The van der Waals surface area contributed by atoms with E-state index in [1.165, 1.54) is 10.7 Å². The molecule has 124 valence electrons. The second-order valence-electron chi connectivity index (χ2n) is 6.36. The molecule has 3 rings (SSSR count). The van der Waals surface area contributed by atoms with Crippen LogP contribution in [0.4, 0.5) is 0 Å². The van der Waals surface area contributed by atoms with Gasteiger partial charge in [-0.05, 0) is 18.8 Å². The molecular formula is C16H23N5OS. The lowest BCUT2D eigenvalue weighted by molar-refractivity contribution is -0.132. The standard InChI is InChI=1S/C16H23N5OS/c1-12(2)14-11-23-16(18-14)13-4-3-7-20(10-13)15(22)5-8-21-9-6-17-19-21/h6,9,11-13H,3-5,7-8,10H2,1-2H3/t13-/m0/s1. The Hall–Kier alpha value is -1.76. The normalized spacial score (nSPS) is 18.6. The highest BCUT2D eigenvalue weighted by Crippen LogP contribution is 2.31. The minimum absolute atomic E-state index is 0.200. The van der Waals surface area contributed by atoms with E-state index in [0.717, 1.165) is 25.9 Å². The summed E-state index contributed by atoms with van der Waals surface area (Å²) >= 11 is 1.74. The quantitative estimate of drug-likeness (QED) is 0.844. The van der Waals surface area contributed by atoms with E-state index in [2.05, 4.69) is 29.5 Å². The van der Waals surface area contributed by atoms with Crippen molar-refractivity contribution in [3.8, 4) is 0 Å². The van der Waals surface area contributed by atoms with Crippen molar-refractivity contribution in [2.75, 3.05) is 13.1 Å². The van der Waals surface area contributed by atoms with Gasteiger partial charge in [0.05, 0.1) is 23.4 Å². The third-order valence-electron chi connectivity index (χ3n) is 4.28. The van der Waals surface area contributed by atoms with Crippen LogP contribution in [0.1, 0.15) is 55.6 Å². The zero-order valence-corrected chi connectivity index (χ0v) is 14.5. The fraction of sp³-hybridized carbons (Fsp3) is 0.625. The van der Waals surface area contributed by atoms with E-state index >= 15 is 0 Å². The molecule has 0 unspecified atom stereocenters. The Morgan fingerprint density at radius 3 is 3.04 bits per heavy atom. The Balaban J connectivity index is 1.57. The first-order chi connectivity index (χ1) is 11.1. The van der Waals surface area contributed by atoms with Crippen molar-refractivity contribution >= 4 is 17.2 Å². The number of aryl methyl sites for hydroxylation is 1. The fourth-order valence-corrected chi connectivity index (χ4v) is 3.99. The van der Waals surface area contributed by atoms with Gasteiger partial charge in [-0.3, -0.25) is 9.48 Å². The first-order valence-corrected chi connectivity index (χ1v) is 9.08. The van der Waals surface area contributed by atoms with Gasteiger partial charge in [0, 0.05) is 37.0 Å². The molecule has 1 fully saturated rings. The Bertz CT molecular complexity index is 637. The van der Waals surface area contributed by atoms with E-state index in [0.29, 0.717) is 24.8 Å². The van der Waals surface area contributed by atoms with Crippen molar-refractivity contribution in [1.29, 1.82) is 0 Å². The molecule has 0 saturated carbocycles. The Labute approximate surface area is 140 Å². The summed E-state index contributed by atoms with van der Waals surface area (Å²) in [7, 11) is 0.